The highest BCUT2D eigenvalue weighted by Gasteiger charge is 2.17. The molecule has 1 aromatic heterocycles. The monoisotopic (exact) mass is 439 g/mol. The number of thiazole rings is 1. The number of carbonyl (C=O) groups excluding carboxylic acids is 1. The summed E-state index contributed by atoms with van der Waals surface area (Å²) in [6.45, 7) is 4.42. The van der Waals surface area contributed by atoms with Crippen LogP contribution >= 0.6 is 11.3 Å². The lowest BCUT2D eigenvalue weighted by molar-refractivity contribution is -0.115. The Morgan fingerprint density at radius 2 is 1.94 bits per heavy atom. The zero-order valence-corrected chi connectivity index (χ0v) is 18.4. The Labute approximate surface area is 185 Å². The summed E-state index contributed by atoms with van der Waals surface area (Å²) in [5.41, 5.74) is 3.08. The van der Waals surface area contributed by atoms with Crippen molar-refractivity contribution in [2.75, 3.05) is 29.9 Å². The third-order valence-corrected chi connectivity index (χ3v) is 6.18. The van der Waals surface area contributed by atoms with E-state index >= 15 is 0 Å². The van der Waals surface area contributed by atoms with Crippen molar-refractivity contribution in [1.82, 2.24) is 4.98 Å². The van der Waals surface area contributed by atoms with E-state index < -0.39 is 0 Å². The number of amides is 1. The summed E-state index contributed by atoms with van der Waals surface area (Å²) in [4.78, 5) is 19.5. The highest BCUT2D eigenvalue weighted by molar-refractivity contribution is 7.13. The summed E-state index contributed by atoms with van der Waals surface area (Å²) in [5, 5.41) is 5.64. The topological polar surface area (TPSA) is 54.5 Å². The van der Waals surface area contributed by atoms with Crippen molar-refractivity contribution in [3.8, 4) is 16.3 Å². The summed E-state index contributed by atoms with van der Waals surface area (Å²) in [7, 11) is 0. The van der Waals surface area contributed by atoms with Gasteiger partial charge in [-0.1, -0.05) is 0 Å². The van der Waals surface area contributed by atoms with Crippen molar-refractivity contribution in [3.05, 3.63) is 59.4 Å². The predicted octanol–water partition coefficient (Wildman–Crippen LogP) is 5.52. The number of hydrogen-bond acceptors (Lipinski definition) is 5. The van der Waals surface area contributed by atoms with Crippen molar-refractivity contribution in [2.24, 2.45) is 0 Å². The van der Waals surface area contributed by atoms with Gasteiger partial charge in [0.15, 0.2) is 0 Å². The van der Waals surface area contributed by atoms with Gasteiger partial charge in [-0.2, -0.15) is 0 Å². The molecule has 0 atom stereocenters. The number of nitrogens with zero attached hydrogens (tertiary/aromatic N) is 2. The zero-order chi connectivity index (χ0) is 21.6. The van der Waals surface area contributed by atoms with E-state index in [4.69, 9.17) is 4.74 Å². The smallest absolute Gasteiger partial charge is 0.230 e. The van der Waals surface area contributed by atoms with Crippen LogP contribution in [-0.4, -0.2) is 30.6 Å². The van der Waals surface area contributed by atoms with Gasteiger partial charge in [0, 0.05) is 24.0 Å². The predicted molar refractivity (Wildman–Crippen MR) is 124 cm³/mol. The molecule has 3 aromatic rings. The SMILES string of the molecule is CCOc1ccc(-c2nc(CC(=O)Nc3cc(F)ccc3N3CCCCC3)cs2)cc1. The highest BCUT2D eigenvalue weighted by atomic mass is 32.1. The van der Waals surface area contributed by atoms with Crippen molar-refractivity contribution >= 4 is 28.6 Å². The molecule has 1 aliphatic rings. The van der Waals surface area contributed by atoms with Gasteiger partial charge in [0.1, 0.15) is 16.6 Å². The maximum absolute atomic E-state index is 13.9. The lowest BCUT2D eigenvalue weighted by Crippen LogP contribution is -2.30. The summed E-state index contributed by atoms with van der Waals surface area (Å²) < 4.78 is 19.3. The Balaban J connectivity index is 1.43. The lowest BCUT2D eigenvalue weighted by Gasteiger charge is -2.30. The Morgan fingerprint density at radius 3 is 2.68 bits per heavy atom. The normalized spacial score (nSPS) is 13.8. The van der Waals surface area contributed by atoms with Crippen LogP contribution < -0.4 is 15.0 Å². The van der Waals surface area contributed by atoms with E-state index in [-0.39, 0.29) is 18.1 Å². The Morgan fingerprint density at radius 1 is 1.16 bits per heavy atom. The van der Waals surface area contributed by atoms with Crippen LogP contribution in [0.4, 0.5) is 15.8 Å². The van der Waals surface area contributed by atoms with Gasteiger partial charge in [-0.25, -0.2) is 9.37 Å². The maximum Gasteiger partial charge on any atom is 0.230 e. The quantitative estimate of drug-likeness (QED) is 0.527. The van der Waals surface area contributed by atoms with Crippen LogP contribution in [0.2, 0.25) is 0 Å². The highest BCUT2D eigenvalue weighted by Crippen LogP contribution is 2.30. The number of nitrogens with one attached hydrogen (secondary N) is 1. The first-order chi connectivity index (χ1) is 15.1. The van der Waals surface area contributed by atoms with Crippen molar-refractivity contribution in [1.29, 1.82) is 0 Å². The van der Waals surface area contributed by atoms with E-state index in [2.05, 4.69) is 15.2 Å². The van der Waals surface area contributed by atoms with Crippen LogP contribution in [0.25, 0.3) is 10.6 Å². The van der Waals surface area contributed by atoms with Crippen LogP contribution in [0, 0.1) is 5.82 Å². The third-order valence-electron chi connectivity index (χ3n) is 5.24. The number of anilines is 2. The molecule has 0 aliphatic carbocycles. The van der Waals surface area contributed by atoms with Crippen molar-refractivity contribution in [2.45, 2.75) is 32.6 Å². The summed E-state index contributed by atoms with van der Waals surface area (Å²) in [5.74, 6) is 0.261. The van der Waals surface area contributed by atoms with Gasteiger partial charge >= 0.3 is 0 Å². The largest absolute Gasteiger partial charge is 0.494 e. The number of benzene rings is 2. The molecule has 162 valence electrons. The molecule has 5 nitrogen and oxygen atoms in total. The maximum atomic E-state index is 13.9. The van der Waals surface area contributed by atoms with Gasteiger partial charge < -0.3 is 15.0 Å². The van der Waals surface area contributed by atoms with Gasteiger partial charge in [0.05, 0.1) is 30.1 Å². The standard InChI is InChI=1S/C24H26FN3O2S/c1-2-30-20-9-6-17(7-10-20)24-26-19(16-31-24)15-23(29)27-21-14-18(25)8-11-22(21)28-12-4-3-5-13-28/h6-11,14,16H,2-5,12-13,15H2,1H3,(H,27,29). The van der Waals surface area contributed by atoms with Crippen LogP contribution in [-0.2, 0) is 11.2 Å². The minimum Gasteiger partial charge on any atom is -0.494 e. The molecule has 0 saturated carbocycles. The Hall–Kier alpha value is -2.93. The van der Waals surface area contributed by atoms with Crippen LogP contribution in [0.5, 0.6) is 5.75 Å². The Kier molecular flexibility index (Phi) is 6.82. The van der Waals surface area contributed by atoms with Gasteiger partial charge in [-0.05, 0) is 68.7 Å². The second-order valence-electron chi connectivity index (χ2n) is 7.54. The van der Waals surface area contributed by atoms with E-state index in [9.17, 15) is 9.18 Å². The molecule has 1 aliphatic heterocycles. The molecule has 0 radical (unpaired) electrons. The number of aromatic nitrogens is 1. The molecular weight excluding hydrogens is 413 g/mol. The van der Waals surface area contributed by atoms with Gasteiger partial charge in [0.2, 0.25) is 5.91 Å². The number of carbonyl (C=O) groups is 1. The van der Waals surface area contributed by atoms with E-state index in [0.717, 1.165) is 47.9 Å². The van der Waals surface area contributed by atoms with E-state index in [1.165, 1.54) is 29.9 Å². The van der Waals surface area contributed by atoms with Crippen molar-refractivity contribution < 1.29 is 13.9 Å². The minimum atomic E-state index is -0.359. The van der Waals surface area contributed by atoms with E-state index in [1.54, 1.807) is 6.07 Å². The molecule has 7 heteroatoms. The second-order valence-corrected chi connectivity index (χ2v) is 8.39. The number of ether oxygens (including phenoxy) is 1. The van der Waals surface area contributed by atoms with Crippen LogP contribution in [0.3, 0.4) is 0 Å². The van der Waals surface area contributed by atoms with E-state index in [1.807, 2.05) is 36.6 Å². The van der Waals surface area contributed by atoms with Crippen LogP contribution in [0.1, 0.15) is 31.9 Å². The fourth-order valence-electron chi connectivity index (χ4n) is 3.76. The minimum absolute atomic E-state index is 0.142. The van der Waals surface area contributed by atoms with Gasteiger partial charge in [0.25, 0.3) is 0 Å². The number of rotatable bonds is 7. The van der Waals surface area contributed by atoms with E-state index in [0.29, 0.717) is 18.0 Å². The molecule has 4 rings (SSSR count). The average molecular weight is 440 g/mol. The second kappa shape index (κ2) is 9.92. The molecule has 0 spiro atoms. The third kappa shape index (κ3) is 5.41. The fourth-order valence-corrected chi connectivity index (χ4v) is 4.58. The summed E-state index contributed by atoms with van der Waals surface area (Å²) in [6.07, 6.45) is 3.57. The molecule has 1 N–H and O–H groups in total. The number of halogens is 1. The number of piperidine rings is 1. The molecule has 1 saturated heterocycles. The molecule has 1 amide bonds. The van der Waals surface area contributed by atoms with Crippen molar-refractivity contribution in [3.63, 3.8) is 0 Å². The molecule has 2 aromatic carbocycles. The molecule has 0 bridgehead atoms. The summed E-state index contributed by atoms with van der Waals surface area (Å²) in [6, 6.07) is 12.4. The zero-order valence-electron chi connectivity index (χ0n) is 17.6. The fraction of sp³-hybridized carbons (Fsp3) is 0.333. The van der Waals surface area contributed by atoms with Crippen LogP contribution in [0.15, 0.2) is 47.8 Å². The first kappa shape index (κ1) is 21.3. The molecule has 0 unspecified atom stereocenters. The summed E-state index contributed by atoms with van der Waals surface area (Å²) >= 11 is 1.50. The first-order valence-electron chi connectivity index (χ1n) is 10.6. The molecule has 2 heterocycles. The number of hydrogen-bond donors (Lipinski definition) is 1. The molecular formula is C24H26FN3O2S. The first-order valence-corrected chi connectivity index (χ1v) is 11.5. The van der Waals surface area contributed by atoms with Gasteiger partial charge in [-0.15, -0.1) is 11.3 Å². The molecule has 1 fully saturated rings. The average Bonchev–Trinajstić information content (AvgIpc) is 3.23. The lowest BCUT2D eigenvalue weighted by atomic mass is 10.1. The van der Waals surface area contributed by atoms with Gasteiger partial charge in [-0.3, -0.25) is 4.79 Å². The Bertz CT molecular complexity index is 1030. The molecule has 31 heavy (non-hydrogen) atoms.